The van der Waals surface area contributed by atoms with Crippen LogP contribution in [0.25, 0.3) is 10.8 Å². The summed E-state index contributed by atoms with van der Waals surface area (Å²) in [5, 5.41) is 12.0. The molecule has 4 heteroatoms. The lowest BCUT2D eigenvalue weighted by molar-refractivity contribution is 0.0695. The van der Waals surface area contributed by atoms with E-state index in [2.05, 4.69) is 32.0 Å². The molecule has 0 aliphatic carbocycles. The van der Waals surface area contributed by atoms with Gasteiger partial charge in [-0.3, -0.25) is 4.98 Å². The molecule has 0 saturated carbocycles. The van der Waals surface area contributed by atoms with E-state index in [1.165, 1.54) is 46.9 Å². The van der Waals surface area contributed by atoms with Crippen molar-refractivity contribution in [1.29, 1.82) is 0 Å². The van der Waals surface area contributed by atoms with Crippen molar-refractivity contribution in [3.63, 3.8) is 0 Å². The molecule has 2 aromatic carbocycles. The van der Waals surface area contributed by atoms with Gasteiger partial charge in [0, 0.05) is 30.5 Å². The van der Waals surface area contributed by atoms with Gasteiger partial charge in [0.15, 0.2) is 0 Å². The van der Waals surface area contributed by atoms with Crippen LogP contribution in [0.15, 0.2) is 48.7 Å². The maximum Gasteiger partial charge on any atom is 0.335 e. The lowest BCUT2D eigenvalue weighted by Crippen LogP contribution is -2.05. The van der Waals surface area contributed by atoms with Crippen molar-refractivity contribution < 1.29 is 14.6 Å². The molecule has 1 aliphatic heterocycles. The van der Waals surface area contributed by atoms with Crippen molar-refractivity contribution >= 4 is 16.7 Å². The van der Waals surface area contributed by atoms with Crippen molar-refractivity contribution in [3.05, 3.63) is 76.6 Å². The number of fused-ring (bicyclic) bond motifs is 1. The SMILES string of the molecule is Cc1cc([C@H](C)CCc2ccccc2C(=O)O)c2cc(CCC3CCCOCC3)ncc2c1. The van der Waals surface area contributed by atoms with Crippen molar-refractivity contribution in [2.24, 2.45) is 5.92 Å². The Morgan fingerprint density at radius 2 is 2.00 bits per heavy atom. The predicted octanol–water partition coefficient (Wildman–Crippen LogP) is 6.73. The van der Waals surface area contributed by atoms with E-state index in [4.69, 9.17) is 9.72 Å². The quantitative estimate of drug-likeness (QED) is 0.418. The molecule has 0 spiro atoms. The summed E-state index contributed by atoms with van der Waals surface area (Å²) in [6.07, 6.45) is 9.45. The van der Waals surface area contributed by atoms with Gasteiger partial charge in [-0.25, -0.2) is 4.79 Å². The third kappa shape index (κ3) is 6.00. The first-order valence-electron chi connectivity index (χ1n) is 12.3. The van der Waals surface area contributed by atoms with E-state index in [1.54, 1.807) is 12.1 Å². The second kappa shape index (κ2) is 10.9. The minimum absolute atomic E-state index is 0.323. The summed E-state index contributed by atoms with van der Waals surface area (Å²) in [7, 11) is 0. The summed E-state index contributed by atoms with van der Waals surface area (Å²) in [6, 6.07) is 14.1. The lowest BCUT2D eigenvalue weighted by atomic mass is 9.88. The van der Waals surface area contributed by atoms with E-state index in [0.29, 0.717) is 11.5 Å². The predicted molar refractivity (Wildman–Crippen MR) is 133 cm³/mol. The zero-order valence-electron chi connectivity index (χ0n) is 19.8. The summed E-state index contributed by atoms with van der Waals surface area (Å²) in [4.78, 5) is 16.4. The van der Waals surface area contributed by atoms with Crippen LogP contribution in [0, 0.1) is 12.8 Å². The molecule has 1 aromatic heterocycles. The molecule has 2 heterocycles. The van der Waals surface area contributed by atoms with E-state index in [9.17, 15) is 9.90 Å². The van der Waals surface area contributed by atoms with Crippen molar-refractivity contribution in [2.45, 2.75) is 64.7 Å². The molecule has 4 nitrogen and oxygen atoms in total. The molecule has 0 bridgehead atoms. The van der Waals surface area contributed by atoms with Gasteiger partial charge in [-0.1, -0.05) is 36.8 Å². The Labute approximate surface area is 197 Å². The Kier molecular flexibility index (Phi) is 7.77. The van der Waals surface area contributed by atoms with Crippen LogP contribution >= 0.6 is 0 Å². The van der Waals surface area contributed by atoms with Crippen LogP contribution in [0.1, 0.15) is 77.7 Å². The Hall–Kier alpha value is -2.72. The maximum absolute atomic E-state index is 11.6. The zero-order chi connectivity index (χ0) is 23.2. The van der Waals surface area contributed by atoms with Crippen LogP contribution in [0.3, 0.4) is 0 Å². The van der Waals surface area contributed by atoms with E-state index < -0.39 is 5.97 Å². The summed E-state index contributed by atoms with van der Waals surface area (Å²) in [5.41, 5.74) is 5.06. The minimum atomic E-state index is -0.852. The minimum Gasteiger partial charge on any atom is -0.478 e. The van der Waals surface area contributed by atoms with Crippen LogP contribution in [-0.4, -0.2) is 29.3 Å². The smallest absolute Gasteiger partial charge is 0.335 e. The molecule has 1 N–H and O–H groups in total. The number of aryl methyl sites for hydroxylation is 3. The van der Waals surface area contributed by atoms with Gasteiger partial charge < -0.3 is 9.84 Å². The molecule has 4 rings (SSSR count). The van der Waals surface area contributed by atoms with Crippen molar-refractivity contribution in [1.82, 2.24) is 4.98 Å². The molecule has 33 heavy (non-hydrogen) atoms. The average molecular weight is 446 g/mol. The van der Waals surface area contributed by atoms with Crippen molar-refractivity contribution in [3.8, 4) is 0 Å². The first-order chi connectivity index (χ1) is 16.0. The van der Waals surface area contributed by atoms with Crippen LogP contribution in [0.5, 0.6) is 0 Å². The highest BCUT2D eigenvalue weighted by Gasteiger charge is 2.16. The fourth-order valence-electron chi connectivity index (χ4n) is 5.11. The summed E-state index contributed by atoms with van der Waals surface area (Å²) < 4.78 is 5.61. The van der Waals surface area contributed by atoms with Crippen LogP contribution in [0.4, 0.5) is 0 Å². The first kappa shape index (κ1) is 23.4. The van der Waals surface area contributed by atoms with Crippen molar-refractivity contribution in [2.75, 3.05) is 13.2 Å². The summed E-state index contributed by atoms with van der Waals surface area (Å²) >= 11 is 0. The summed E-state index contributed by atoms with van der Waals surface area (Å²) in [6.45, 7) is 6.19. The number of aromatic nitrogens is 1. The van der Waals surface area contributed by atoms with E-state index in [0.717, 1.165) is 50.4 Å². The zero-order valence-corrected chi connectivity index (χ0v) is 19.8. The third-order valence-electron chi connectivity index (χ3n) is 7.07. The number of aromatic carboxylic acids is 1. The van der Waals surface area contributed by atoms with E-state index in [-0.39, 0.29) is 0 Å². The average Bonchev–Trinajstić information content (AvgIpc) is 3.09. The molecular formula is C29H35NO3. The Morgan fingerprint density at radius 3 is 2.85 bits per heavy atom. The number of carboxylic acid groups (broad SMARTS) is 1. The molecular weight excluding hydrogens is 410 g/mol. The molecule has 3 aromatic rings. The number of hydrogen-bond acceptors (Lipinski definition) is 3. The van der Waals surface area contributed by atoms with E-state index >= 15 is 0 Å². The monoisotopic (exact) mass is 445 g/mol. The van der Waals surface area contributed by atoms with Gasteiger partial charge >= 0.3 is 5.97 Å². The lowest BCUT2D eigenvalue weighted by Gasteiger charge is -2.18. The number of rotatable bonds is 8. The largest absolute Gasteiger partial charge is 0.478 e. The number of benzene rings is 2. The van der Waals surface area contributed by atoms with Gasteiger partial charge in [-0.2, -0.15) is 0 Å². The normalized spacial score (nSPS) is 17.6. The molecule has 1 unspecified atom stereocenters. The van der Waals surface area contributed by atoms with Crippen LogP contribution in [-0.2, 0) is 17.6 Å². The highest BCUT2D eigenvalue weighted by atomic mass is 16.5. The van der Waals surface area contributed by atoms with Gasteiger partial charge in [-0.15, -0.1) is 0 Å². The van der Waals surface area contributed by atoms with Gasteiger partial charge in [-0.05, 0) is 98.4 Å². The molecule has 1 saturated heterocycles. The number of nitrogens with zero attached hydrogens (tertiary/aromatic N) is 1. The Morgan fingerprint density at radius 1 is 1.15 bits per heavy atom. The molecule has 0 radical (unpaired) electrons. The second-order valence-corrected chi connectivity index (χ2v) is 9.60. The van der Waals surface area contributed by atoms with Gasteiger partial charge in [0.05, 0.1) is 5.56 Å². The molecule has 2 atom stereocenters. The first-order valence-corrected chi connectivity index (χ1v) is 12.3. The highest BCUT2D eigenvalue weighted by Crippen LogP contribution is 2.31. The van der Waals surface area contributed by atoms with Crippen LogP contribution in [0.2, 0.25) is 0 Å². The third-order valence-corrected chi connectivity index (χ3v) is 7.07. The topological polar surface area (TPSA) is 59.4 Å². The number of carbonyl (C=O) groups is 1. The number of ether oxygens (including phenoxy) is 1. The van der Waals surface area contributed by atoms with Gasteiger partial charge in [0.25, 0.3) is 0 Å². The number of pyridine rings is 1. The highest BCUT2D eigenvalue weighted by molar-refractivity contribution is 5.89. The Balaban J connectivity index is 1.52. The number of hydrogen-bond donors (Lipinski definition) is 1. The van der Waals surface area contributed by atoms with Gasteiger partial charge in [0.1, 0.15) is 0 Å². The molecule has 1 fully saturated rings. The standard InChI is InChI=1S/C29H35NO3/c1-20-16-24-19-30-25(12-10-22-6-5-14-33-15-13-22)18-28(24)27(17-20)21(2)9-11-23-7-3-4-8-26(23)29(31)32/h3-4,7-8,16-19,21-22H,5-6,9-15H2,1-2H3,(H,31,32)/t21-,22?/m1/s1. The molecule has 174 valence electrons. The van der Waals surface area contributed by atoms with E-state index in [1.807, 2.05) is 18.3 Å². The van der Waals surface area contributed by atoms with Gasteiger partial charge in [0.2, 0.25) is 0 Å². The second-order valence-electron chi connectivity index (χ2n) is 9.60. The number of carboxylic acids is 1. The Bertz CT molecular complexity index is 1100. The van der Waals surface area contributed by atoms with Crippen LogP contribution < -0.4 is 0 Å². The summed E-state index contributed by atoms with van der Waals surface area (Å²) in [5.74, 6) is 0.203. The fraction of sp³-hybridized carbons (Fsp3) is 0.448. The molecule has 1 aliphatic rings. The molecule has 0 amide bonds. The maximum atomic E-state index is 11.6. The fourth-order valence-corrected chi connectivity index (χ4v) is 5.11.